The topological polar surface area (TPSA) is 47.6 Å². The van der Waals surface area contributed by atoms with Crippen molar-refractivity contribution in [3.8, 4) is 5.75 Å². The molecule has 0 amide bonds. The van der Waals surface area contributed by atoms with Crippen LogP contribution in [0.5, 0.6) is 5.75 Å². The molecule has 18 heavy (non-hydrogen) atoms. The van der Waals surface area contributed by atoms with E-state index in [0.717, 1.165) is 25.9 Å². The predicted octanol–water partition coefficient (Wildman–Crippen LogP) is 1.65. The molecule has 1 aromatic rings. The Morgan fingerprint density at radius 2 is 2.06 bits per heavy atom. The summed E-state index contributed by atoms with van der Waals surface area (Å²) in [4.78, 5) is 12.0. The Hall–Kier alpha value is -1.39. The lowest BCUT2D eigenvalue weighted by Gasteiger charge is -2.22. The molecule has 1 fully saturated rings. The number of rotatable bonds is 5. The maximum absolute atomic E-state index is 12.0. The van der Waals surface area contributed by atoms with Gasteiger partial charge in [0, 0.05) is 0 Å². The lowest BCUT2D eigenvalue weighted by atomic mass is 10.1. The highest BCUT2D eigenvalue weighted by molar-refractivity contribution is 5.99. The van der Waals surface area contributed by atoms with Gasteiger partial charge in [-0.25, -0.2) is 0 Å². The number of carbonyl (C=O) groups excluding carboxylic acids is 1. The molecule has 1 heterocycles. The average molecular weight is 249 g/mol. The zero-order valence-electron chi connectivity index (χ0n) is 10.6. The van der Waals surface area contributed by atoms with Gasteiger partial charge in [0.1, 0.15) is 12.4 Å². The molecule has 0 aromatic heterocycles. The van der Waals surface area contributed by atoms with Gasteiger partial charge in [-0.1, -0.05) is 12.1 Å². The summed E-state index contributed by atoms with van der Waals surface area (Å²) in [7, 11) is 1.57. The van der Waals surface area contributed by atoms with Crippen LogP contribution in [0, 0.1) is 0 Å². The molecule has 0 unspecified atom stereocenters. The van der Waals surface area contributed by atoms with Crippen LogP contribution >= 0.6 is 0 Å². The highest BCUT2D eigenvalue weighted by atomic mass is 16.5. The van der Waals surface area contributed by atoms with Gasteiger partial charge in [-0.3, -0.25) is 4.79 Å². The normalized spacial score (nSPS) is 16.5. The van der Waals surface area contributed by atoms with Crippen molar-refractivity contribution in [1.29, 1.82) is 0 Å². The van der Waals surface area contributed by atoms with E-state index in [2.05, 4.69) is 5.32 Å². The lowest BCUT2D eigenvalue weighted by molar-refractivity contribution is 0.0316. The van der Waals surface area contributed by atoms with Gasteiger partial charge in [-0.2, -0.15) is 0 Å². The van der Waals surface area contributed by atoms with Gasteiger partial charge >= 0.3 is 0 Å². The summed E-state index contributed by atoms with van der Waals surface area (Å²) in [5, 5.41) is 3.27. The van der Waals surface area contributed by atoms with E-state index >= 15 is 0 Å². The van der Waals surface area contributed by atoms with Gasteiger partial charge in [0.25, 0.3) is 0 Å². The molecule has 98 valence electrons. The number of benzene rings is 1. The lowest BCUT2D eigenvalue weighted by Crippen LogP contribution is -2.33. The summed E-state index contributed by atoms with van der Waals surface area (Å²) in [5.74, 6) is 0.586. The third-order valence-electron chi connectivity index (χ3n) is 3.14. The second-order valence-electron chi connectivity index (χ2n) is 4.38. The molecule has 4 nitrogen and oxygen atoms in total. The SMILES string of the molecule is COc1ccccc1C(=O)COC1CCNCC1. The van der Waals surface area contributed by atoms with Crippen LogP contribution in [-0.2, 0) is 4.74 Å². The van der Waals surface area contributed by atoms with E-state index in [0.29, 0.717) is 11.3 Å². The molecule has 0 spiro atoms. The number of nitrogens with one attached hydrogen (secondary N) is 1. The van der Waals surface area contributed by atoms with E-state index in [-0.39, 0.29) is 18.5 Å². The number of hydrogen-bond donors (Lipinski definition) is 1. The third kappa shape index (κ3) is 3.31. The smallest absolute Gasteiger partial charge is 0.192 e. The van der Waals surface area contributed by atoms with Crippen molar-refractivity contribution in [3.05, 3.63) is 29.8 Å². The van der Waals surface area contributed by atoms with Crippen molar-refractivity contribution in [2.24, 2.45) is 0 Å². The number of carbonyl (C=O) groups is 1. The zero-order valence-corrected chi connectivity index (χ0v) is 10.6. The Labute approximate surface area is 107 Å². The first kappa shape index (κ1) is 13.1. The Kier molecular flexibility index (Phi) is 4.73. The number of ketones is 1. The van der Waals surface area contributed by atoms with Crippen LogP contribution < -0.4 is 10.1 Å². The van der Waals surface area contributed by atoms with Crippen molar-refractivity contribution in [1.82, 2.24) is 5.32 Å². The van der Waals surface area contributed by atoms with Gasteiger partial charge in [0.05, 0.1) is 18.8 Å². The van der Waals surface area contributed by atoms with Crippen molar-refractivity contribution in [2.75, 3.05) is 26.8 Å². The minimum atomic E-state index is -0.0222. The third-order valence-corrected chi connectivity index (χ3v) is 3.14. The fourth-order valence-corrected chi connectivity index (χ4v) is 2.11. The van der Waals surface area contributed by atoms with Gasteiger partial charge in [-0.05, 0) is 38.1 Å². The first-order valence-electron chi connectivity index (χ1n) is 6.30. The fraction of sp³-hybridized carbons (Fsp3) is 0.500. The molecule has 0 saturated carbocycles. The summed E-state index contributed by atoms with van der Waals surface area (Å²) in [6, 6.07) is 7.24. The van der Waals surface area contributed by atoms with E-state index in [4.69, 9.17) is 9.47 Å². The number of Topliss-reactive ketones (excluding diaryl/α,β-unsaturated/α-hetero) is 1. The Bertz CT molecular complexity index is 400. The highest BCUT2D eigenvalue weighted by Gasteiger charge is 2.17. The van der Waals surface area contributed by atoms with Crippen LogP contribution in [0.3, 0.4) is 0 Å². The van der Waals surface area contributed by atoms with Crippen molar-refractivity contribution in [2.45, 2.75) is 18.9 Å². The zero-order chi connectivity index (χ0) is 12.8. The molecular weight excluding hydrogens is 230 g/mol. The van der Waals surface area contributed by atoms with Crippen molar-refractivity contribution in [3.63, 3.8) is 0 Å². The average Bonchev–Trinajstić information content (AvgIpc) is 2.45. The predicted molar refractivity (Wildman–Crippen MR) is 69.2 cm³/mol. The van der Waals surface area contributed by atoms with Gasteiger partial charge in [-0.15, -0.1) is 0 Å². The van der Waals surface area contributed by atoms with E-state index in [9.17, 15) is 4.79 Å². The van der Waals surface area contributed by atoms with Crippen molar-refractivity contribution < 1.29 is 14.3 Å². The van der Waals surface area contributed by atoms with Gasteiger partial charge < -0.3 is 14.8 Å². The monoisotopic (exact) mass is 249 g/mol. The molecule has 2 rings (SSSR count). The van der Waals surface area contributed by atoms with Crippen molar-refractivity contribution >= 4 is 5.78 Å². The number of hydrogen-bond acceptors (Lipinski definition) is 4. The van der Waals surface area contributed by atoms with E-state index in [1.807, 2.05) is 12.1 Å². The van der Waals surface area contributed by atoms with Crippen LogP contribution in [-0.4, -0.2) is 38.7 Å². The minimum absolute atomic E-state index is 0.0222. The standard InChI is InChI=1S/C14H19NO3/c1-17-14-5-3-2-4-12(14)13(16)10-18-11-6-8-15-9-7-11/h2-5,11,15H,6-10H2,1H3. The second-order valence-corrected chi connectivity index (χ2v) is 4.38. The molecule has 1 aliphatic rings. The number of ether oxygens (including phenoxy) is 2. The summed E-state index contributed by atoms with van der Waals surface area (Å²) in [6.07, 6.45) is 2.14. The first-order valence-corrected chi connectivity index (χ1v) is 6.30. The molecule has 0 bridgehead atoms. The molecule has 1 saturated heterocycles. The first-order chi connectivity index (χ1) is 8.81. The van der Waals surface area contributed by atoms with E-state index in [1.165, 1.54) is 0 Å². The molecule has 0 radical (unpaired) electrons. The van der Waals surface area contributed by atoms with Gasteiger partial charge in [0.15, 0.2) is 5.78 Å². The number of para-hydroxylation sites is 1. The van der Waals surface area contributed by atoms with E-state index < -0.39 is 0 Å². The Balaban J connectivity index is 1.90. The highest BCUT2D eigenvalue weighted by Crippen LogP contribution is 2.18. The molecular formula is C14H19NO3. The largest absolute Gasteiger partial charge is 0.496 e. The molecule has 0 aliphatic carbocycles. The quantitative estimate of drug-likeness (QED) is 0.806. The van der Waals surface area contributed by atoms with Crippen LogP contribution in [0.1, 0.15) is 23.2 Å². The Morgan fingerprint density at radius 3 is 2.78 bits per heavy atom. The minimum Gasteiger partial charge on any atom is -0.496 e. The van der Waals surface area contributed by atoms with E-state index in [1.54, 1.807) is 19.2 Å². The molecule has 0 atom stereocenters. The van der Waals surface area contributed by atoms with Crippen LogP contribution in [0.25, 0.3) is 0 Å². The summed E-state index contributed by atoms with van der Waals surface area (Å²) >= 11 is 0. The molecule has 1 N–H and O–H groups in total. The fourth-order valence-electron chi connectivity index (χ4n) is 2.11. The maximum Gasteiger partial charge on any atom is 0.192 e. The van der Waals surface area contributed by atoms with Gasteiger partial charge in [0.2, 0.25) is 0 Å². The summed E-state index contributed by atoms with van der Waals surface area (Å²) in [5.41, 5.74) is 0.592. The molecule has 4 heteroatoms. The maximum atomic E-state index is 12.0. The second kappa shape index (κ2) is 6.52. The number of methoxy groups -OCH3 is 1. The van der Waals surface area contributed by atoms with Crippen LogP contribution in [0.2, 0.25) is 0 Å². The van der Waals surface area contributed by atoms with Crippen LogP contribution in [0.4, 0.5) is 0 Å². The Morgan fingerprint density at radius 1 is 1.33 bits per heavy atom. The summed E-state index contributed by atoms with van der Waals surface area (Å²) < 4.78 is 10.8. The molecule has 1 aliphatic heterocycles. The van der Waals surface area contributed by atoms with Crippen LogP contribution in [0.15, 0.2) is 24.3 Å². The summed E-state index contributed by atoms with van der Waals surface area (Å²) in [6.45, 7) is 2.06. The molecule has 1 aromatic carbocycles. The number of piperidine rings is 1.